The molecule has 6 nitrogen and oxygen atoms in total. The molecule has 0 atom stereocenters. The number of nitro benzene ring substituents is 1. The molecule has 7 heteroatoms. The van der Waals surface area contributed by atoms with Crippen LogP contribution in [0, 0.1) is 22.5 Å². The van der Waals surface area contributed by atoms with Gasteiger partial charge in [-0.05, 0) is 26.0 Å². The Bertz CT molecular complexity index is 681. The molecule has 0 aromatic heterocycles. The van der Waals surface area contributed by atoms with Crippen LogP contribution in [0.4, 0.5) is 5.69 Å². The van der Waals surface area contributed by atoms with Gasteiger partial charge in [0.1, 0.15) is 0 Å². The summed E-state index contributed by atoms with van der Waals surface area (Å²) < 4.78 is 26.0. The third-order valence-electron chi connectivity index (χ3n) is 2.66. The number of nitro groups is 1. The molecule has 0 radical (unpaired) electrons. The van der Waals surface area contributed by atoms with Gasteiger partial charge in [0.25, 0.3) is 5.69 Å². The van der Waals surface area contributed by atoms with E-state index in [4.69, 9.17) is 6.42 Å². The number of terminal acetylenes is 1. The molecule has 112 valence electrons. The number of non-ortho nitro benzene ring substituents is 1. The molecule has 0 saturated carbocycles. The summed E-state index contributed by atoms with van der Waals surface area (Å²) in [7, 11) is -3.78. The number of hydrogen-bond acceptors (Lipinski definition) is 4. The first-order chi connectivity index (χ1) is 9.78. The quantitative estimate of drug-likeness (QED) is 0.349. The van der Waals surface area contributed by atoms with Gasteiger partial charge in [0.05, 0.1) is 16.4 Å². The van der Waals surface area contributed by atoms with Crippen LogP contribution in [0.1, 0.15) is 13.8 Å². The standard InChI is InChI=1S/C14H16N2O4S/c1-4-10-15(11-9-12(2)3)21(19,20)14-7-5-13(6-8-14)16(17)18/h1,5-9H,10-11H2,2-3H3. The van der Waals surface area contributed by atoms with Gasteiger partial charge < -0.3 is 0 Å². The van der Waals surface area contributed by atoms with Crippen molar-refractivity contribution in [1.82, 2.24) is 4.31 Å². The van der Waals surface area contributed by atoms with Crippen molar-refractivity contribution >= 4 is 15.7 Å². The summed E-state index contributed by atoms with van der Waals surface area (Å²) in [6, 6.07) is 4.72. The lowest BCUT2D eigenvalue weighted by atomic mass is 10.3. The highest BCUT2D eigenvalue weighted by molar-refractivity contribution is 7.89. The molecular weight excluding hydrogens is 292 g/mol. The molecule has 0 aliphatic rings. The van der Waals surface area contributed by atoms with Crippen LogP contribution in [0.5, 0.6) is 0 Å². The SMILES string of the molecule is C#CCN(CC=C(C)C)S(=O)(=O)c1ccc([N+](=O)[O-])cc1. The molecule has 0 saturated heterocycles. The molecular formula is C14H16N2O4S. The third-order valence-corrected chi connectivity index (χ3v) is 4.48. The molecule has 0 N–H and O–H groups in total. The van der Waals surface area contributed by atoms with E-state index >= 15 is 0 Å². The number of rotatable bonds is 6. The molecule has 1 aromatic carbocycles. The first kappa shape index (κ1) is 16.9. The van der Waals surface area contributed by atoms with E-state index in [2.05, 4.69) is 5.92 Å². The van der Waals surface area contributed by atoms with E-state index < -0.39 is 14.9 Å². The largest absolute Gasteiger partial charge is 0.269 e. The van der Waals surface area contributed by atoms with Gasteiger partial charge >= 0.3 is 0 Å². The second-order valence-corrected chi connectivity index (χ2v) is 6.47. The van der Waals surface area contributed by atoms with Gasteiger partial charge in [0.2, 0.25) is 10.0 Å². The lowest BCUT2D eigenvalue weighted by molar-refractivity contribution is -0.384. The summed E-state index contributed by atoms with van der Waals surface area (Å²) in [6.07, 6.45) is 6.96. The van der Waals surface area contributed by atoms with Gasteiger partial charge in [-0.25, -0.2) is 8.42 Å². The molecule has 0 fully saturated rings. The van der Waals surface area contributed by atoms with Crippen LogP contribution in [0.25, 0.3) is 0 Å². The Hall–Kier alpha value is -2.17. The van der Waals surface area contributed by atoms with Crippen LogP contribution in [-0.4, -0.2) is 30.7 Å². The van der Waals surface area contributed by atoms with E-state index in [1.807, 2.05) is 13.8 Å². The molecule has 0 heterocycles. The fraction of sp³-hybridized carbons (Fsp3) is 0.286. The minimum absolute atomic E-state index is 0.0227. The van der Waals surface area contributed by atoms with Crippen molar-refractivity contribution in [3.05, 3.63) is 46.0 Å². The van der Waals surface area contributed by atoms with Crippen molar-refractivity contribution in [3.63, 3.8) is 0 Å². The third kappa shape index (κ3) is 4.41. The van der Waals surface area contributed by atoms with Crippen molar-refractivity contribution in [2.45, 2.75) is 18.7 Å². The fourth-order valence-corrected chi connectivity index (χ4v) is 2.82. The average molecular weight is 308 g/mol. The topological polar surface area (TPSA) is 80.5 Å². The second-order valence-electron chi connectivity index (χ2n) is 4.53. The summed E-state index contributed by atoms with van der Waals surface area (Å²) in [5.41, 5.74) is 0.803. The summed E-state index contributed by atoms with van der Waals surface area (Å²) in [4.78, 5) is 9.98. The summed E-state index contributed by atoms with van der Waals surface area (Å²) in [6.45, 7) is 3.80. The summed E-state index contributed by atoms with van der Waals surface area (Å²) in [5, 5.41) is 10.6. The van der Waals surface area contributed by atoms with Gasteiger partial charge in [-0.15, -0.1) is 6.42 Å². The molecule has 0 amide bonds. The van der Waals surface area contributed by atoms with E-state index in [1.165, 1.54) is 12.1 Å². The Morgan fingerprint density at radius 2 is 1.95 bits per heavy atom. The Morgan fingerprint density at radius 1 is 1.38 bits per heavy atom. The Morgan fingerprint density at radius 3 is 2.38 bits per heavy atom. The zero-order valence-electron chi connectivity index (χ0n) is 11.8. The Labute approximate surface area is 124 Å². The minimum Gasteiger partial charge on any atom is -0.258 e. The predicted octanol–water partition coefficient (Wildman–Crippen LogP) is 2.18. The monoisotopic (exact) mass is 308 g/mol. The average Bonchev–Trinajstić information content (AvgIpc) is 2.43. The molecule has 0 bridgehead atoms. The number of hydrogen-bond donors (Lipinski definition) is 0. The molecule has 0 aliphatic carbocycles. The second kappa shape index (κ2) is 7.02. The molecule has 0 spiro atoms. The van der Waals surface area contributed by atoms with Gasteiger partial charge in [0.15, 0.2) is 0 Å². The zero-order valence-corrected chi connectivity index (χ0v) is 12.6. The van der Waals surface area contributed by atoms with E-state index in [9.17, 15) is 18.5 Å². The van der Waals surface area contributed by atoms with E-state index in [0.29, 0.717) is 0 Å². The van der Waals surface area contributed by atoms with Crippen LogP contribution >= 0.6 is 0 Å². The summed E-state index contributed by atoms with van der Waals surface area (Å²) >= 11 is 0. The summed E-state index contributed by atoms with van der Waals surface area (Å²) in [5.74, 6) is 2.31. The highest BCUT2D eigenvalue weighted by Gasteiger charge is 2.23. The molecule has 1 aromatic rings. The van der Waals surface area contributed by atoms with Crippen LogP contribution in [0.15, 0.2) is 40.8 Å². The number of benzene rings is 1. The number of nitrogens with zero attached hydrogens (tertiary/aromatic N) is 2. The maximum absolute atomic E-state index is 12.4. The predicted molar refractivity (Wildman–Crippen MR) is 80.1 cm³/mol. The van der Waals surface area contributed by atoms with Crippen LogP contribution < -0.4 is 0 Å². The zero-order chi connectivity index (χ0) is 16.0. The van der Waals surface area contributed by atoms with Gasteiger partial charge in [-0.2, -0.15) is 4.31 Å². The van der Waals surface area contributed by atoms with Crippen molar-refractivity contribution in [2.75, 3.05) is 13.1 Å². The Kier molecular flexibility index (Phi) is 5.64. The maximum Gasteiger partial charge on any atom is 0.269 e. The first-order valence-corrected chi connectivity index (χ1v) is 7.54. The molecule has 0 aliphatic heterocycles. The number of allylic oxidation sites excluding steroid dienone is 1. The molecule has 21 heavy (non-hydrogen) atoms. The van der Waals surface area contributed by atoms with Gasteiger partial charge in [0, 0.05) is 18.7 Å². The normalized spacial score (nSPS) is 11.0. The van der Waals surface area contributed by atoms with Crippen LogP contribution in [0.3, 0.4) is 0 Å². The van der Waals surface area contributed by atoms with Crippen molar-refractivity contribution in [3.8, 4) is 12.3 Å². The van der Waals surface area contributed by atoms with E-state index in [1.54, 1.807) is 6.08 Å². The van der Waals surface area contributed by atoms with Crippen LogP contribution in [0.2, 0.25) is 0 Å². The van der Waals surface area contributed by atoms with Crippen molar-refractivity contribution in [1.29, 1.82) is 0 Å². The number of sulfonamides is 1. The maximum atomic E-state index is 12.4. The van der Waals surface area contributed by atoms with Crippen LogP contribution in [-0.2, 0) is 10.0 Å². The minimum atomic E-state index is -3.78. The van der Waals surface area contributed by atoms with Crippen molar-refractivity contribution < 1.29 is 13.3 Å². The Balaban J connectivity index is 3.13. The van der Waals surface area contributed by atoms with Gasteiger partial charge in [-0.3, -0.25) is 10.1 Å². The molecule has 0 unspecified atom stereocenters. The van der Waals surface area contributed by atoms with E-state index in [0.717, 1.165) is 22.0 Å². The highest BCUT2D eigenvalue weighted by atomic mass is 32.2. The lowest BCUT2D eigenvalue weighted by Gasteiger charge is -2.18. The van der Waals surface area contributed by atoms with Crippen molar-refractivity contribution in [2.24, 2.45) is 0 Å². The smallest absolute Gasteiger partial charge is 0.258 e. The fourth-order valence-electron chi connectivity index (χ4n) is 1.52. The lowest BCUT2D eigenvalue weighted by Crippen LogP contribution is -2.31. The first-order valence-electron chi connectivity index (χ1n) is 6.10. The van der Waals surface area contributed by atoms with E-state index in [-0.39, 0.29) is 23.7 Å². The molecule has 1 rings (SSSR count). The highest BCUT2D eigenvalue weighted by Crippen LogP contribution is 2.19. The van der Waals surface area contributed by atoms with Gasteiger partial charge in [-0.1, -0.05) is 17.6 Å².